The molecule has 0 aromatic heterocycles. The molecule has 0 radical (unpaired) electrons. The van der Waals surface area contributed by atoms with Crippen LogP contribution in [0.15, 0.2) is 24.3 Å². The fourth-order valence-electron chi connectivity index (χ4n) is 2.43. The van der Waals surface area contributed by atoms with Gasteiger partial charge >= 0.3 is 0 Å². The highest BCUT2D eigenvalue weighted by atomic mass is 14.8. The Morgan fingerprint density at radius 3 is 2.37 bits per heavy atom. The second-order valence-corrected chi connectivity index (χ2v) is 5.61. The molecule has 0 amide bonds. The average molecular weight is 261 g/mol. The average Bonchev–Trinajstić information content (AvgIpc) is 2.41. The first-order valence-corrected chi connectivity index (χ1v) is 8.09. The van der Waals surface area contributed by atoms with Crippen molar-refractivity contribution in [1.82, 2.24) is 5.32 Å². The predicted molar refractivity (Wildman–Crippen MR) is 85.7 cm³/mol. The van der Waals surface area contributed by atoms with Gasteiger partial charge in [0, 0.05) is 0 Å². The van der Waals surface area contributed by atoms with Gasteiger partial charge in [-0.1, -0.05) is 75.3 Å². The summed E-state index contributed by atoms with van der Waals surface area (Å²) in [6.07, 6.45) is 10.9. The molecule has 0 aliphatic heterocycles. The number of aryl methyl sites for hydroxylation is 1. The van der Waals surface area contributed by atoms with Gasteiger partial charge in [0.15, 0.2) is 0 Å². The van der Waals surface area contributed by atoms with Crippen molar-refractivity contribution >= 4 is 0 Å². The van der Waals surface area contributed by atoms with Gasteiger partial charge in [-0.3, -0.25) is 0 Å². The van der Waals surface area contributed by atoms with Crippen LogP contribution in [0.25, 0.3) is 0 Å². The molecule has 1 nitrogen and oxygen atoms in total. The minimum atomic E-state index is 1.11. The maximum Gasteiger partial charge on any atom is -0.000835 e. The minimum Gasteiger partial charge on any atom is -0.316 e. The molecule has 1 aromatic rings. The second kappa shape index (κ2) is 11.0. The van der Waals surface area contributed by atoms with Crippen molar-refractivity contribution in [3.63, 3.8) is 0 Å². The number of benzene rings is 1. The Balaban J connectivity index is 1.89. The van der Waals surface area contributed by atoms with Crippen LogP contribution in [0.2, 0.25) is 0 Å². The Morgan fingerprint density at radius 1 is 0.895 bits per heavy atom. The molecule has 0 saturated heterocycles. The maximum absolute atomic E-state index is 3.56. The Kier molecular flexibility index (Phi) is 9.44. The zero-order valence-electron chi connectivity index (χ0n) is 12.9. The van der Waals surface area contributed by atoms with Crippen LogP contribution >= 0.6 is 0 Å². The van der Waals surface area contributed by atoms with Crippen molar-refractivity contribution < 1.29 is 0 Å². The topological polar surface area (TPSA) is 12.0 Å². The molecule has 0 aliphatic rings. The lowest BCUT2D eigenvalue weighted by atomic mass is 10.1. The number of hydrogen-bond donors (Lipinski definition) is 1. The Labute approximate surface area is 119 Å². The van der Waals surface area contributed by atoms with Gasteiger partial charge in [0.1, 0.15) is 0 Å². The lowest BCUT2D eigenvalue weighted by Crippen LogP contribution is -2.18. The number of rotatable bonds is 11. The molecule has 1 N–H and O–H groups in total. The normalized spacial score (nSPS) is 10.8. The van der Waals surface area contributed by atoms with Crippen LogP contribution < -0.4 is 5.32 Å². The maximum atomic E-state index is 3.56. The highest BCUT2D eigenvalue weighted by Gasteiger charge is 1.94. The molecule has 0 aliphatic carbocycles. The second-order valence-electron chi connectivity index (χ2n) is 5.61. The van der Waals surface area contributed by atoms with E-state index in [1.807, 2.05) is 0 Å². The van der Waals surface area contributed by atoms with Crippen molar-refractivity contribution in [3.05, 3.63) is 35.4 Å². The van der Waals surface area contributed by atoms with Crippen LogP contribution in [0.5, 0.6) is 0 Å². The quantitative estimate of drug-likeness (QED) is 0.560. The number of hydrogen-bond acceptors (Lipinski definition) is 1. The largest absolute Gasteiger partial charge is 0.316 e. The molecule has 1 aromatic carbocycles. The highest BCUT2D eigenvalue weighted by molar-refractivity contribution is 5.22. The third-order valence-electron chi connectivity index (χ3n) is 3.63. The minimum absolute atomic E-state index is 1.11. The van der Waals surface area contributed by atoms with Crippen LogP contribution in [0.4, 0.5) is 0 Å². The lowest BCUT2D eigenvalue weighted by Gasteiger charge is -2.06. The van der Waals surface area contributed by atoms with Gasteiger partial charge in [-0.05, 0) is 38.4 Å². The van der Waals surface area contributed by atoms with E-state index in [9.17, 15) is 0 Å². The van der Waals surface area contributed by atoms with Gasteiger partial charge < -0.3 is 5.32 Å². The summed E-state index contributed by atoms with van der Waals surface area (Å²) in [4.78, 5) is 0. The molecule has 19 heavy (non-hydrogen) atoms. The molecular weight excluding hydrogens is 230 g/mol. The van der Waals surface area contributed by atoms with Crippen LogP contribution in [-0.2, 0) is 6.42 Å². The van der Waals surface area contributed by atoms with Crippen LogP contribution in [-0.4, -0.2) is 13.1 Å². The van der Waals surface area contributed by atoms with Gasteiger partial charge in [0.05, 0.1) is 0 Å². The molecule has 1 rings (SSSR count). The number of unbranched alkanes of at least 4 members (excludes halogenated alkanes) is 6. The molecule has 0 fully saturated rings. The standard InChI is InChI=1S/C18H31N/c1-3-4-5-6-7-8-9-14-19-15-13-18-12-10-11-17(2)16-18/h10-12,16,19H,3-9,13-15H2,1-2H3. The molecule has 0 heterocycles. The van der Waals surface area contributed by atoms with Crippen LogP contribution in [0.1, 0.15) is 63.0 Å². The fraction of sp³-hybridized carbons (Fsp3) is 0.667. The van der Waals surface area contributed by atoms with Gasteiger partial charge in [0.25, 0.3) is 0 Å². The summed E-state index contributed by atoms with van der Waals surface area (Å²) in [7, 11) is 0. The van der Waals surface area contributed by atoms with E-state index in [2.05, 4.69) is 43.4 Å². The summed E-state index contributed by atoms with van der Waals surface area (Å²) in [5.41, 5.74) is 2.82. The van der Waals surface area contributed by atoms with Crippen molar-refractivity contribution in [3.8, 4) is 0 Å². The van der Waals surface area contributed by atoms with E-state index in [1.54, 1.807) is 0 Å². The van der Waals surface area contributed by atoms with E-state index >= 15 is 0 Å². The summed E-state index contributed by atoms with van der Waals surface area (Å²) in [6.45, 7) is 6.73. The van der Waals surface area contributed by atoms with Crippen molar-refractivity contribution in [2.24, 2.45) is 0 Å². The predicted octanol–water partition coefficient (Wildman–Crippen LogP) is 4.88. The third kappa shape index (κ3) is 8.83. The van der Waals surface area contributed by atoms with Crippen LogP contribution in [0.3, 0.4) is 0 Å². The smallest absolute Gasteiger partial charge is 0.000835 e. The van der Waals surface area contributed by atoms with E-state index in [-0.39, 0.29) is 0 Å². The van der Waals surface area contributed by atoms with Gasteiger partial charge in [-0.15, -0.1) is 0 Å². The zero-order valence-corrected chi connectivity index (χ0v) is 12.9. The highest BCUT2D eigenvalue weighted by Crippen LogP contribution is 2.06. The first-order chi connectivity index (χ1) is 9.33. The Hall–Kier alpha value is -0.820. The molecule has 1 heteroatoms. The molecular formula is C18H31N. The van der Waals surface area contributed by atoms with E-state index in [0.717, 1.165) is 13.0 Å². The van der Waals surface area contributed by atoms with Crippen molar-refractivity contribution in [2.75, 3.05) is 13.1 Å². The molecule has 0 atom stereocenters. The summed E-state index contributed by atoms with van der Waals surface area (Å²) in [5.74, 6) is 0. The summed E-state index contributed by atoms with van der Waals surface area (Å²) in [5, 5.41) is 3.56. The van der Waals surface area contributed by atoms with Crippen molar-refractivity contribution in [1.29, 1.82) is 0 Å². The lowest BCUT2D eigenvalue weighted by molar-refractivity contribution is 0.563. The van der Waals surface area contributed by atoms with Crippen molar-refractivity contribution in [2.45, 2.75) is 65.2 Å². The molecule has 0 spiro atoms. The zero-order chi connectivity index (χ0) is 13.8. The summed E-state index contributed by atoms with van der Waals surface area (Å²) < 4.78 is 0. The van der Waals surface area contributed by atoms with Gasteiger partial charge in [-0.2, -0.15) is 0 Å². The van der Waals surface area contributed by atoms with Crippen LogP contribution in [0, 0.1) is 6.92 Å². The summed E-state index contributed by atoms with van der Waals surface area (Å²) >= 11 is 0. The van der Waals surface area contributed by atoms with E-state index in [0.29, 0.717) is 0 Å². The third-order valence-corrected chi connectivity index (χ3v) is 3.63. The molecule has 108 valence electrons. The van der Waals surface area contributed by atoms with E-state index in [4.69, 9.17) is 0 Å². The van der Waals surface area contributed by atoms with E-state index < -0.39 is 0 Å². The first kappa shape index (κ1) is 16.2. The molecule has 0 bridgehead atoms. The SMILES string of the molecule is CCCCCCCCCNCCc1cccc(C)c1. The fourth-order valence-corrected chi connectivity index (χ4v) is 2.43. The first-order valence-electron chi connectivity index (χ1n) is 8.09. The Morgan fingerprint density at radius 2 is 1.63 bits per heavy atom. The monoisotopic (exact) mass is 261 g/mol. The number of nitrogens with one attached hydrogen (secondary N) is 1. The summed E-state index contributed by atoms with van der Waals surface area (Å²) in [6, 6.07) is 8.83. The molecule has 0 saturated carbocycles. The van der Waals surface area contributed by atoms with E-state index in [1.165, 1.54) is 62.6 Å². The van der Waals surface area contributed by atoms with Gasteiger partial charge in [0.2, 0.25) is 0 Å². The van der Waals surface area contributed by atoms with Gasteiger partial charge in [-0.25, -0.2) is 0 Å². The molecule has 0 unspecified atom stereocenters. The Bertz CT molecular complexity index is 319.